The highest BCUT2D eigenvalue weighted by molar-refractivity contribution is 9.09. The number of alkyl halides is 1. The average molecular weight is 265 g/mol. The van der Waals surface area contributed by atoms with Crippen molar-refractivity contribution in [3.8, 4) is 0 Å². The summed E-state index contributed by atoms with van der Waals surface area (Å²) in [6, 6.07) is 4.70. The summed E-state index contributed by atoms with van der Waals surface area (Å²) in [4.78, 5) is 10.2. The first kappa shape index (κ1) is 10.5. The highest BCUT2D eigenvalue weighted by atomic mass is 79.9. The van der Waals surface area contributed by atoms with Gasteiger partial charge in [0, 0.05) is 17.0 Å². The van der Waals surface area contributed by atoms with E-state index in [1.165, 1.54) is 6.07 Å². The molecule has 0 unspecified atom stereocenters. The molecule has 0 saturated carbocycles. The Morgan fingerprint density at radius 2 is 2.23 bits per heavy atom. The SMILES string of the molecule is O=[N+]([O-])c1cccc(Cl)c1CCBr. The summed E-state index contributed by atoms with van der Waals surface area (Å²) in [6.45, 7) is 0. The number of nitro benzene ring substituents is 1. The Kier molecular flexibility index (Phi) is 3.69. The van der Waals surface area contributed by atoms with Gasteiger partial charge in [-0.25, -0.2) is 0 Å². The standard InChI is InChI=1S/C8H7BrClNO2/c9-5-4-6-7(10)2-1-3-8(6)11(12)13/h1-3H,4-5H2. The summed E-state index contributed by atoms with van der Waals surface area (Å²) in [7, 11) is 0. The van der Waals surface area contributed by atoms with Crippen LogP contribution >= 0.6 is 27.5 Å². The highest BCUT2D eigenvalue weighted by Gasteiger charge is 2.15. The fourth-order valence-electron chi connectivity index (χ4n) is 1.06. The molecule has 0 aromatic heterocycles. The van der Waals surface area contributed by atoms with Crippen LogP contribution in [-0.2, 0) is 6.42 Å². The quantitative estimate of drug-likeness (QED) is 0.478. The van der Waals surface area contributed by atoms with Gasteiger partial charge in [-0.15, -0.1) is 0 Å². The number of hydrogen-bond donors (Lipinski definition) is 0. The summed E-state index contributed by atoms with van der Waals surface area (Å²) < 4.78 is 0. The largest absolute Gasteiger partial charge is 0.274 e. The number of nitrogens with zero attached hydrogens (tertiary/aromatic N) is 1. The minimum absolute atomic E-state index is 0.0898. The maximum absolute atomic E-state index is 10.6. The van der Waals surface area contributed by atoms with Crippen LogP contribution in [0, 0.1) is 10.1 Å². The third-order valence-electron chi connectivity index (χ3n) is 1.64. The van der Waals surface area contributed by atoms with Crippen molar-refractivity contribution in [1.29, 1.82) is 0 Å². The minimum Gasteiger partial charge on any atom is -0.258 e. The molecule has 0 bridgehead atoms. The summed E-state index contributed by atoms with van der Waals surface area (Å²) in [5.41, 5.74) is 0.679. The van der Waals surface area contributed by atoms with Gasteiger partial charge in [0.25, 0.3) is 5.69 Å². The molecule has 0 N–H and O–H groups in total. The van der Waals surface area contributed by atoms with E-state index >= 15 is 0 Å². The lowest BCUT2D eigenvalue weighted by molar-refractivity contribution is -0.385. The van der Waals surface area contributed by atoms with Crippen LogP contribution in [0.25, 0.3) is 0 Å². The predicted octanol–water partition coefficient (Wildman–Crippen LogP) is 3.19. The molecule has 13 heavy (non-hydrogen) atoms. The van der Waals surface area contributed by atoms with E-state index in [1.807, 2.05) is 0 Å². The van der Waals surface area contributed by atoms with E-state index in [2.05, 4.69) is 15.9 Å². The number of benzene rings is 1. The van der Waals surface area contributed by atoms with Crippen molar-refractivity contribution >= 4 is 33.2 Å². The number of rotatable bonds is 3. The summed E-state index contributed by atoms with van der Waals surface area (Å²) in [6.07, 6.45) is 0.565. The Morgan fingerprint density at radius 1 is 1.54 bits per heavy atom. The summed E-state index contributed by atoms with van der Waals surface area (Å²) in [5.74, 6) is 0. The lowest BCUT2D eigenvalue weighted by Crippen LogP contribution is -1.96. The van der Waals surface area contributed by atoms with Crippen LogP contribution in [0.3, 0.4) is 0 Å². The van der Waals surface area contributed by atoms with Crippen LogP contribution in [0.2, 0.25) is 5.02 Å². The summed E-state index contributed by atoms with van der Waals surface area (Å²) in [5, 5.41) is 11.7. The molecule has 0 saturated heterocycles. The van der Waals surface area contributed by atoms with Crippen LogP contribution < -0.4 is 0 Å². The normalized spacial score (nSPS) is 10.0. The Hall–Kier alpha value is -0.610. The van der Waals surface area contributed by atoms with Crippen LogP contribution in [0.4, 0.5) is 5.69 Å². The van der Waals surface area contributed by atoms with Gasteiger partial charge in [-0.3, -0.25) is 10.1 Å². The Labute approximate surface area is 89.0 Å². The third-order valence-corrected chi connectivity index (χ3v) is 2.39. The molecule has 1 aromatic carbocycles. The van der Waals surface area contributed by atoms with Crippen LogP contribution in [0.15, 0.2) is 18.2 Å². The second-order valence-electron chi connectivity index (χ2n) is 2.43. The van der Waals surface area contributed by atoms with Gasteiger partial charge in [-0.1, -0.05) is 33.6 Å². The maximum Gasteiger partial charge on any atom is 0.274 e. The monoisotopic (exact) mass is 263 g/mol. The Morgan fingerprint density at radius 3 is 2.77 bits per heavy atom. The first-order valence-electron chi connectivity index (χ1n) is 3.64. The molecule has 0 radical (unpaired) electrons. The molecule has 1 aromatic rings. The average Bonchev–Trinajstić information content (AvgIpc) is 2.08. The van der Waals surface area contributed by atoms with Gasteiger partial charge in [-0.2, -0.15) is 0 Å². The zero-order valence-electron chi connectivity index (χ0n) is 6.67. The van der Waals surface area contributed by atoms with E-state index in [4.69, 9.17) is 11.6 Å². The van der Waals surface area contributed by atoms with Gasteiger partial charge in [0.05, 0.1) is 9.95 Å². The zero-order chi connectivity index (χ0) is 9.84. The number of hydrogen-bond acceptors (Lipinski definition) is 2. The fraction of sp³-hybridized carbons (Fsp3) is 0.250. The van der Waals surface area contributed by atoms with E-state index in [-0.39, 0.29) is 5.69 Å². The number of nitro groups is 1. The molecular formula is C8H7BrClNO2. The second-order valence-corrected chi connectivity index (χ2v) is 3.63. The molecule has 3 nitrogen and oxygen atoms in total. The third kappa shape index (κ3) is 2.42. The molecular weight excluding hydrogens is 257 g/mol. The van der Waals surface area contributed by atoms with Crippen molar-refractivity contribution in [2.75, 3.05) is 5.33 Å². The molecule has 70 valence electrons. The van der Waals surface area contributed by atoms with Crippen LogP contribution in [-0.4, -0.2) is 10.3 Å². The lowest BCUT2D eigenvalue weighted by atomic mass is 10.1. The van der Waals surface area contributed by atoms with Crippen LogP contribution in [0.1, 0.15) is 5.56 Å². The highest BCUT2D eigenvalue weighted by Crippen LogP contribution is 2.26. The van der Waals surface area contributed by atoms with Gasteiger partial charge in [0.15, 0.2) is 0 Å². The molecule has 0 fully saturated rings. The van der Waals surface area contributed by atoms with Gasteiger partial charge in [0.1, 0.15) is 0 Å². The van der Waals surface area contributed by atoms with E-state index < -0.39 is 4.92 Å². The van der Waals surface area contributed by atoms with Crippen molar-refractivity contribution in [3.63, 3.8) is 0 Å². The summed E-state index contributed by atoms with van der Waals surface area (Å²) >= 11 is 9.05. The molecule has 0 aliphatic carbocycles. The molecule has 0 spiro atoms. The van der Waals surface area contributed by atoms with Crippen molar-refractivity contribution < 1.29 is 4.92 Å². The van der Waals surface area contributed by atoms with Crippen molar-refractivity contribution in [2.45, 2.75) is 6.42 Å². The minimum atomic E-state index is -0.413. The lowest BCUT2D eigenvalue weighted by Gasteiger charge is -2.02. The zero-order valence-corrected chi connectivity index (χ0v) is 9.01. The molecule has 0 aliphatic heterocycles. The van der Waals surface area contributed by atoms with E-state index in [0.717, 1.165) is 0 Å². The van der Waals surface area contributed by atoms with Gasteiger partial charge >= 0.3 is 0 Å². The molecule has 5 heteroatoms. The van der Waals surface area contributed by atoms with E-state index in [1.54, 1.807) is 12.1 Å². The van der Waals surface area contributed by atoms with Gasteiger partial charge in [0.2, 0.25) is 0 Å². The van der Waals surface area contributed by atoms with Gasteiger partial charge in [-0.05, 0) is 12.5 Å². The molecule has 0 aliphatic rings. The first-order valence-corrected chi connectivity index (χ1v) is 5.14. The fourth-order valence-corrected chi connectivity index (χ4v) is 1.72. The molecule has 1 rings (SSSR count). The van der Waals surface area contributed by atoms with Crippen molar-refractivity contribution in [1.82, 2.24) is 0 Å². The van der Waals surface area contributed by atoms with Crippen molar-refractivity contribution in [2.24, 2.45) is 0 Å². The molecule has 0 heterocycles. The van der Waals surface area contributed by atoms with Gasteiger partial charge < -0.3 is 0 Å². The van der Waals surface area contributed by atoms with Crippen LogP contribution in [0.5, 0.6) is 0 Å². The topological polar surface area (TPSA) is 43.1 Å². The molecule has 0 atom stereocenters. The van der Waals surface area contributed by atoms with E-state index in [9.17, 15) is 10.1 Å². The number of halogens is 2. The van der Waals surface area contributed by atoms with E-state index in [0.29, 0.717) is 22.3 Å². The van der Waals surface area contributed by atoms with Crippen molar-refractivity contribution in [3.05, 3.63) is 38.9 Å². The smallest absolute Gasteiger partial charge is 0.258 e. The Balaban J connectivity index is 3.17. The Bertz CT molecular complexity index is 330. The maximum atomic E-state index is 10.6. The first-order chi connectivity index (χ1) is 6.16. The predicted molar refractivity (Wildman–Crippen MR) is 55.6 cm³/mol. The molecule has 0 amide bonds. The second kappa shape index (κ2) is 4.58.